The molecule has 1 saturated heterocycles. The van der Waals surface area contributed by atoms with Crippen LogP contribution in [0.15, 0.2) is 41.3 Å². The Labute approximate surface area is 170 Å². The fourth-order valence-electron chi connectivity index (χ4n) is 5.50. The van der Waals surface area contributed by atoms with Crippen LogP contribution in [0.25, 0.3) is 0 Å². The van der Waals surface area contributed by atoms with Gasteiger partial charge in [-0.1, -0.05) is 48.4 Å². The molecule has 5 rings (SSSR count). The number of hydrogen-bond donors (Lipinski definition) is 0. The van der Waals surface area contributed by atoms with Gasteiger partial charge in [-0.05, 0) is 36.7 Å². The summed E-state index contributed by atoms with van der Waals surface area (Å²) in [5, 5.41) is 4.69. The second-order valence-electron chi connectivity index (χ2n) is 8.56. The van der Waals surface area contributed by atoms with Crippen LogP contribution in [0.3, 0.4) is 0 Å². The summed E-state index contributed by atoms with van der Waals surface area (Å²) in [6.45, 7) is 4.38. The Morgan fingerprint density at radius 2 is 1.82 bits per heavy atom. The van der Waals surface area contributed by atoms with Crippen molar-refractivity contribution in [2.24, 2.45) is 11.8 Å². The molecule has 1 aromatic heterocycles. The summed E-state index contributed by atoms with van der Waals surface area (Å²) in [7, 11) is 0. The quantitative estimate of drug-likeness (QED) is 0.792. The van der Waals surface area contributed by atoms with Gasteiger partial charge in [0.15, 0.2) is 0 Å². The van der Waals surface area contributed by atoms with Crippen LogP contribution in [0.4, 0.5) is 5.69 Å². The Morgan fingerprint density at radius 1 is 1.04 bits per heavy atom. The van der Waals surface area contributed by atoms with Gasteiger partial charge in [0, 0.05) is 32.2 Å². The Balaban J connectivity index is 1.27. The summed E-state index contributed by atoms with van der Waals surface area (Å²) in [4.78, 5) is 17.6. The molecule has 6 heteroatoms. The van der Waals surface area contributed by atoms with Crippen LogP contribution < -0.4 is 10.5 Å². The molecule has 2 aliphatic carbocycles. The average molecular weight is 399 g/mol. The third kappa shape index (κ3) is 3.35. The number of halogens is 1. The minimum atomic E-state index is -0.210. The predicted molar refractivity (Wildman–Crippen MR) is 112 cm³/mol. The molecule has 2 bridgehead atoms. The molecule has 5 nitrogen and oxygen atoms in total. The molecular weight excluding hydrogens is 372 g/mol. The Hall–Kier alpha value is -1.85. The van der Waals surface area contributed by atoms with E-state index in [4.69, 9.17) is 11.6 Å². The second kappa shape index (κ2) is 7.53. The first-order chi connectivity index (χ1) is 13.7. The lowest BCUT2D eigenvalue weighted by Crippen LogP contribution is -2.52. The van der Waals surface area contributed by atoms with Gasteiger partial charge in [-0.2, -0.15) is 5.10 Å². The van der Waals surface area contributed by atoms with E-state index in [2.05, 4.69) is 14.9 Å². The van der Waals surface area contributed by atoms with E-state index in [9.17, 15) is 4.79 Å². The van der Waals surface area contributed by atoms with Crippen LogP contribution in [0.1, 0.15) is 31.2 Å². The van der Waals surface area contributed by atoms with Gasteiger partial charge in [-0.3, -0.25) is 9.69 Å². The molecule has 3 unspecified atom stereocenters. The second-order valence-corrected chi connectivity index (χ2v) is 8.94. The fourth-order valence-corrected chi connectivity index (χ4v) is 5.76. The summed E-state index contributed by atoms with van der Waals surface area (Å²) in [6.07, 6.45) is 7.47. The lowest BCUT2D eigenvalue weighted by molar-refractivity contribution is 0.135. The number of fused-ring (bicyclic) bond motifs is 2. The van der Waals surface area contributed by atoms with Gasteiger partial charge in [-0.15, -0.1) is 0 Å². The minimum Gasteiger partial charge on any atom is -0.366 e. The van der Waals surface area contributed by atoms with Crippen LogP contribution in [-0.2, 0) is 6.54 Å². The maximum absolute atomic E-state index is 12.7. The van der Waals surface area contributed by atoms with Crippen molar-refractivity contribution in [1.29, 1.82) is 0 Å². The zero-order valence-corrected chi connectivity index (χ0v) is 16.9. The molecule has 3 aliphatic rings. The normalized spacial score (nSPS) is 27.5. The molecule has 0 spiro atoms. The first-order valence-corrected chi connectivity index (χ1v) is 10.9. The fraction of sp³-hybridized carbons (Fsp3) is 0.545. The minimum absolute atomic E-state index is 0.210. The summed E-state index contributed by atoms with van der Waals surface area (Å²) < 4.78 is 1.45. The number of hydrogen-bond acceptors (Lipinski definition) is 4. The van der Waals surface area contributed by atoms with Crippen molar-refractivity contribution in [3.63, 3.8) is 0 Å². The highest BCUT2D eigenvalue weighted by Gasteiger charge is 2.42. The molecule has 2 heterocycles. The highest BCUT2D eigenvalue weighted by Crippen LogP contribution is 2.46. The zero-order chi connectivity index (χ0) is 19.1. The molecule has 0 N–H and O–H groups in total. The first-order valence-electron chi connectivity index (χ1n) is 10.5. The summed E-state index contributed by atoms with van der Waals surface area (Å²) in [6, 6.07) is 10.7. The van der Waals surface area contributed by atoms with E-state index in [1.807, 2.05) is 30.3 Å². The Morgan fingerprint density at radius 3 is 2.50 bits per heavy atom. The van der Waals surface area contributed by atoms with Crippen molar-refractivity contribution < 1.29 is 0 Å². The molecule has 2 saturated carbocycles. The van der Waals surface area contributed by atoms with Gasteiger partial charge >= 0.3 is 0 Å². The van der Waals surface area contributed by atoms with Crippen LogP contribution in [0.2, 0.25) is 5.02 Å². The molecule has 148 valence electrons. The van der Waals surface area contributed by atoms with E-state index in [1.165, 1.54) is 30.4 Å². The van der Waals surface area contributed by atoms with Gasteiger partial charge in [0.05, 0.1) is 18.4 Å². The lowest BCUT2D eigenvalue weighted by atomic mass is 9.93. The number of benzene rings is 1. The number of piperazine rings is 1. The van der Waals surface area contributed by atoms with Gasteiger partial charge in [0.25, 0.3) is 5.56 Å². The molecular formula is C22H27ClN4O. The Kier molecular flexibility index (Phi) is 4.89. The third-order valence-electron chi connectivity index (χ3n) is 6.97. The van der Waals surface area contributed by atoms with Crippen LogP contribution in [0, 0.1) is 11.8 Å². The van der Waals surface area contributed by atoms with E-state index in [0.29, 0.717) is 11.6 Å². The molecule has 2 aromatic rings. The monoisotopic (exact) mass is 398 g/mol. The van der Waals surface area contributed by atoms with Crippen molar-refractivity contribution in [3.05, 3.63) is 57.5 Å². The molecule has 0 radical (unpaired) electrons. The Bertz CT molecular complexity index is 891. The maximum Gasteiger partial charge on any atom is 0.287 e. The number of anilines is 1. The van der Waals surface area contributed by atoms with Gasteiger partial charge in [-0.25, -0.2) is 4.68 Å². The molecule has 1 aromatic carbocycles. The van der Waals surface area contributed by atoms with E-state index in [1.54, 1.807) is 6.20 Å². The predicted octanol–water partition coefficient (Wildman–Crippen LogP) is 3.26. The summed E-state index contributed by atoms with van der Waals surface area (Å²) >= 11 is 6.48. The number of aromatic nitrogens is 2. The topological polar surface area (TPSA) is 41.4 Å². The third-order valence-corrected chi connectivity index (χ3v) is 7.32. The lowest BCUT2D eigenvalue weighted by Gasteiger charge is -2.41. The van der Waals surface area contributed by atoms with Crippen molar-refractivity contribution in [2.75, 3.05) is 31.1 Å². The highest BCUT2D eigenvalue weighted by molar-refractivity contribution is 6.33. The summed E-state index contributed by atoms with van der Waals surface area (Å²) in [5.74, 6) is 1.90. The van der Waals surface area contributed by atoms with E-state index in [0.717, 1.165) is 55.3 Å². The maximum atomic E-state index is 12.7. The number of rotatable bonds is 4. The van der Waals surface area contributed by atoms with Gasteiger partial charge in [0.2, 0.25) is 0 Å². The highest BCUT2D eigenvalue weighted by atomic mass is 35.5. The van der Waals surface area contributed by atoms with E-state index < -0.39 is 0 Å². The smallest absolute Gasteiger partial charge is 0.287 e. The SMILES string of the molecule is O=c1c(Cl)c(N2CCN(C3CC4CCC3C4)CC2)cnn1Cc1ccccc1. The van der Waals surface area contributed by atoms with Gasteiger partial charge in [0.1, 0.15) is 5.02 Å². The molecule has 3 fully saturated rings. The molecule has 28 heavy (non-hydrogen) atoms. The van der Waals surface area contributed by atoms with Crippen molar-refractivity contribution in [3.8, 4) is 0 Å². The van der Waals surface area contributed by atoms with E-state index >= 15 is 0 Å². The van der Waals surface area contributed by atoms with E-state index in [-0.39, 0.29) is 5.56 Å². The number of nitrogens with zero attached hydrogens (tertiary/aromatic N) is 4. The molecule has 3 atom stereocenters. The standard InChI is InChI=1S/C22H27ClN4O/c23-21-20(14-24-27(22(21)28)15-16-4-2-1-3-5-16)26-10-8-25(9-11-26)19-13-17-6-7-18(19)12-17/h1-5,14,17-19H,6-13,15H2. The van der Waals surface area contributed by atoms with Crippen LogP contribution in [-0.4, -0.2) is 46.9 Å². The summed E-state index contributed by atoms with van der Waals surface area (Å²) in [5.41, 5.74) is 1.61. The molecule has 0 amide bonds. The first kappa shape index (κ1) is 18.2. The van der Waals surface area contributed by atoms with Crippen molar-refractivity contribution >= 4 is 17.3 Å². The average Bonchev–Trinajstić information content (AvgIpc) is 3.36. The zero-order valence-electron chi connectivity index (χ0n) is 16.1. The van der Waals surface area contributed by atoms with Gasteiger partial charge < -0.3 is 4.90 Å². The molecule has 1 aliphatic heterocycles. The van der Waals surface area contributed by atoms with Crippen molar-refractivity contribution in [1.82, 2.24) is 14.7 Å². The van der Waals surface area contributed by atoms with Crippen LogP contribution in [0.5, 0.6) is 0 Å². The van der Waals surface area contributed by atoms with Crippen LogP contribution >= 0.6 is 11.6 Å². The largest absolute Gasteiger partial charge is 0.366 e. The van der Waals surface area contributed by atoms with Crippen molar-refractivity contribution in [2.45, 2.75) is 38.3 Å².